The number of amides is 1. The molecule has 10 nitrogen and oxygen atoms in total. The molecular formula is C18H25N3O7S2. The molecule has 0 saturated carbocycles. The maximum atomic E-state index is 12.4. The summed E-state index contributed by atoms with van der Waals surface area (Å²) in [5.74, 6) is -1.24. The van der Waals surface area contributed by atoms with Crippen molar-refractivity contribution in [2.75, 3.05) is 19.4 Å². The zero-order chi connectivity index (χ0) is 22.5. The fourth-order valence-electron chi connectivity index (χ4n) is 3.40. The quantitative estimate of drug-likeness (QED) is 0.270. The summed E-state index contributed by atoms with van der Waals surface area (Å²) in [5, 5.41) is 11.1. The largest absolute Gasteiger partial charge is 0.455 e. The monoisotopic (exact) mass is 459 g/mol. The fraction of sp³-hybridized carbons (Fsp3) is 0.556. The second-order valence-corrected chi connectivity index (χ2v) is 9.62. The van der Waals surface area contributed by atoms with Gasteiger partial charge >= 0.3 is 5.97 Å². The van der Waals surface area contributed by atoms with Crippen molar-refractivity contribution in [2.45, 2.75) is 55.0 Å². The Morgan fingerprint density at radius 3 is 2.50 bits per heavy atom. The van der Waals surface area contributed by atoms with Crippen LogP contribution in [0.4, 0.5) is 5.69 Å². The molecule has 1 amide bonds. The van der Waals surface area contributed by atoms with Gasteiger partial charge in [0.25, 0.3) is 11.6 Å². The molecule has 1 aromatic carbocycles. The number of piperidine rings is 1. The number of nitrogens with one attached hydrogen (secondary N) is 1. The van der Waals surface area contributed by atoms with Crippen molar-refractivity contribution in [3.05, 3.63) is 28.3 Å². The van der Waals surface area contributed by atoms with Crippen LogP contribution in [0.5, 0.6) is 0 Å². The molecule has 30 heavy (non-hydrogen) atoms. The molecule has 0 bridgehead atoms. The zero-order valence-corrected chi connectivity index (χ0v) is 18.6. The Labute approximate surface area is 179 Å². The molecule has 2 atom stereocenters. The molecule has 0 spiro atoms. The van der Waals surface area contributed by atoms with E-state index in [1.807, 2.05) is 18.6 Å². The van der Waals surface area contributed by atoms with Gasteiger partial charge in [0.2, 0.25) is 10.0 Å². The first kappa shape index (κ1) is 24.1. The second-order valence-electron chi connectivity index (χ2n) is 7.01. The molecule has 1 heterocycles. The van der Waals surface area contributed by atoms with Gasteiger partial charge in [0.15, 0.2) is 6.61 Å². The van der Waals surface area contributed by atoms with E-state index in [4.69, 9.17) is 4.74 Å². The van der Waals surface area contributed by atoms with Crippen LogP contribution in [0.25, 0.3) is 0 Å². The SMILES string of the molecule is CSc1ccc(S(=O)(=O)NCC(=O)OCC(=O)N2[C@H](C)CCC[C@H]2C)cc1[N+](=O)[O-]. The van der Waals surface area contributed by atoms with Crippen LogP contribution in [0.3, 0.4) is 0 Å². The van der Waals surface area contributed by atoms with Crippen LogP contribution in [0.1, 0.15) is 33.1 Å². The van der Waals surface area contributed by atoms with Crippen LogP contribution in [-0.2, 0) is 24.3 Å². The lowest BCUT2D eigenvalue weighted by atomic mass is 9.97. The molecule has 1 aliphatic heterocycles. The highest BCUT2D eigenvalue weighted by Gasteiger charge is 2.29. The third-order valence-corrected chi connectivity index (χ3v) is 7.09. The lowest BCUT2D eigenvalue weighted by molar-refractivity contribution is -0.388. The number of hydrogen-bond acceptors (Lipinski definition) is 8. The van der Waals surface area contributed by atoms with Crippen molar-refractivity contribution >= 4 is 39.3 Å². The minimum Gasteiger partial charge on any atom is -0.455 e. The van der Waals surface area contributed by atoms with E-state index in [2.05, 4.69) is 0 Å². The van der Waals surface area contributed by atoms with E-state index in [1.54, 1.807) is 11.2 Å². The first-order valence-corrected chi connectivity index (χ1v) is 12.1. The second kappa shape index (κ2) is 10.2. The number of hydrogen-bond donors (Lipinski definition) is 1. The van der Waals surface area contributed by atoms with Crippen molar-refractivity contribution < 1.29 is 27.7 Å². The minimum atomic E-state index is -4.17. The van der Waals surface area contributed by atoms with Gasteiger partial charge in [-0.1, -0.05) is 0 Å². The van der Waals surface area contributed by atoms with Gasteiger partial charge in [0, 0.05) is 18.2 Å². The van der Waals surface area contributed by atoms with Crippen LogP contribution < -0.4 is 4.72 Å². The number of ether oxygens (including phenoxy) is 1. The van der Waals surface area contributed by atoms with E-state index < -0.39 is 34.1 Å². The van der Waals surface area contributed by atoms with Gasteiger partial charge in [-0.15, -0.1) is 11.8 Å². The van der Waals surface area contributed by atoms with Crippen molar-refractivity contribution in [3.8, 4) is 0 Å². The van der Waals surface area contributed by atoms with Gasteiger partial charge in [-0.2, -0.15) is 4.72 Å². The normalized spacial score (nSPS) is 19.4. The number of rotatable bonds is 8. The summed E-state index contributed by atoms with van der Waals surface area (Å²) < 4.78 is 31.7. The molecule has 1 fully saturated rings. The van der Waals surface area contributed by atoms with Crippen molar-refractivity contribution in [1.29, 1.82) is 0 Å². The molecule has 12 heteroatoms. The number of carbonyl (C=O) groups is 2. The molecule has 166 valence electrons. The van der Waals surface area contributed by atoms with Crippen molar-refractivity contribution in [1.82, 2.24) is 9.62 Å². The Hall–Kier alpha value is -2.18. The molecule has 1 aliphatic rings. The number of esters is 1. The average Bonchev–Trinajstić information content (AvgIpc) is 2.70. The van der Waals surface area contributed by atoms with Crippen LogP contribution in [0, 0.1) is 10.1 Å². The van der Waals surface area contributed by atoms with Crippen LogP contribution in [-0.4, -0.2) is 61.6 Å². The number of nitro groups is 1. The maximum Gasteiger partial charge on any atom is 0.321 e. The summed E-state index contributed by atoms with van der Waals surface area (Å²) in [4.78, 5) is 36.4. The highest BCUT2D eigenvalue weighted by molar-refractivity contribution is 7.98. The van der Waals surface area contributed by atoms with E-state index in [0.29, 0.717) is 4.90 Å². The number of benzene rings is 1. The summed E-state index contributed by atoms with van der Waals surface area (Å²) in [7, 11) is -4.17. The van der Waals surface area contributed by atoms with Gasteiger partial charge in [-0.05, 0) is 51.5 Å². The van der Waals surface area contributed by atoms with E-state index in [-0.39, 0.29) is 28.6 Å². The Balaban J connectivity index is 1.94. The van der Waals surface area contributed by atoms with Crippen molar-refractivity contribution in [3.63, 3.8) is 0 Å². The highest BCUT2D eigenvalue weighted by Crippen LogP contribution is 2.29. The predicted molar refractivity (Wildman–Crippen MR) is 111 cm³/mol. The third-order valence-electron chi connectivity index (χ3n) is 4.90. The first-order chi connectivity index (χ1) is 14.1. The van der Waals surface area contributed by atoms with Crippen molar-refractivity contribution in [2.24, 2.45) is 0 Å². The van der Waals surface area contributed by atoms with Crippen LogP contribution in [0.15, 0.2) is 28.0 Å². The van der Waals surface area contributed by atoms with Crippen LogP contribution in [0.2, 0.25) is 0 Å². The molecule has 1 aromatic rings. The fourth-order valence-corrected chi connectivity index (χ4v) is 4.93. The minimum absolute atomic E-state index is 0.0542. The summed E-state index contributed by atoms with van der Waals surface area (Å²) in [6, 6.07) is 3.59. The number of carbonyl (C=O) groups excluding carboxylic acids is 2. The summed E-state index contributed by atoms with van der Waals surface area (Å²) >= 11 is 1.12. The van der Waals surface area contributed by atoms with Gasteiger partial charge in [0.1, 0.15) is 6.54 Å². The van der Waals surface area contributed by atoms with Crippen LogP contribution >= 0.6 is 11.8 Å². The first-order valence-electron chi connectivity index (χ1n) is 9.35. The lowest BCUT2D eigenvalue weighted by Crippen LogP contribution is -2.49. The Kier molecular flexibility index (Phi) is 8.21. The summed E-state index contributed by atoms with van der Waals surface area (Å²) in [5.41, 5.74) is -0.344. The highest BCUT2D eigenvalue weighted by atomic mass is 32.2. The molecule has 0 aliphatic carbocycles. The predicted octanol–water partition coefficient (Wildman–Crippen LogP) is 1.93. The molecule has 1 saturated heterocycles. The molecule has 0 aromatic heterocycles. The Morgan fingerprint density at radius 1 is 1.30 bits per heavy atom. The van der Waals surface area contributed by atoms with E-state index in [1.165, 1.54) is 12.1 Å². The molecule has 2 rings (SSSR count). The average molecular weight is 460 g/mol. The molecular weight excluding hydrogens is 434 g/mol. The van der Waals surface area contributed by atoms with Gasteiger partial charge in [-0.25, -0.2) is 8.42 Å². The Bertz CT molecular complexity index is 910. The lowest BCUT2D eigenvalue weighted by Gasteiger charge is -2.38. The van der Waals surface area contributed by atoms with E-state index in [0.717, 1.165) is 37.1 Å². The molecule has 0 unspecified atom stereocenters. The maximum absolute atomic E-state index is 12.4. The van der Waals surface area contributed by atoms with Gasteiger partial charge < -0.3 is 9.64 Å². The number of likely N-dealkylation sites (tertiary alicyclic amines) is 1. The van der Waals surface area contributed by atoms with E-state index >= 15 is 0 Å². The number of nitro benzene ring substituents is 1. The number of thioether (sulfide) groups is 1. The van der Waals surface area contributed by atoms with E-state index in [9.17, 15) is 28.1 Å². The standard InChI is InChI=1S/C18H25N3O7S2/c1-12-5-4-6-13(2)20(12)17(22)11-28-18(23)10-19-30(26,27)14-7-8-16(29-3)15(9-14)21(24)25/h7-9,12-13,19H,4-6,10-11H2,1-3H3/t12-,13-/m1/s1. The molecule has 0 radical (unpaired) electrons. The summed E-state index contributed by atoms with van der Waals surface area (Å²) in [6.45, 7) is 2.71. The zero-order valence-electron chi connectivity index (χ0n) is 17.0. The number of nitrogens with zero attached hydrogens (tertiary/aromatic N) is 2. The summed E-state index contributed by atoms with van der Waals surface area (Å²) in [6.07, 6.45) is 4.43. The topological polar surface area (TPSA) is 136 Å². The third kappa shape index (κ3) is 5.92. The Morgan fingerprint density at radius 2 is 1.93 bits per heavy atom. The van der Waals surface area contributed by atoms with Gasteiger partial charge in [-0.3, -0.25) is 19.7 Å². The number of sulfonamides is 1. The molecule has 1 N–H and O–H groups in total. The smallest absolute Gasteiger partial charge is 0.321 e. The van der Waals surface area contributed by atoms with Gasteiger partial charge in [0.05, 0.1) is 14.7 Å².